The lowest BCUT2D eigenvalue weighted by Crippen LogP contribution is -2.53. The Labute approximate surface area is 199 Å². The summed E-state index contributed by atoms with van der Waals surface area (Å²) >= 11 is 1.14. The number of ether oxygens (including phenoxy) is 1. The van der Waals surface area contributed by atoms with Gasteiger partial charge in [0.25, 0.3) is 5.69 Å². The van der Waals surface area contributed by atoms with Crippen LogP contribution in [0.4, 0.5) is 17.1 Å². The molecule has 0 amide bonds. The van der Waals surface area contributed by atoms with E-state index in [4.69, 9.17) is 9.84 Å². The van der Waals surface area contributed by atoms with E-state index in [0.29, 0.717) is 0 Å². The first kappa shape index (κ1) is 21.7. The van der Waals surface area contributed by atoms with Gasteiger partial charge in [-0.15, -0.1) is 0 Å². The monoisotopic (exact) mass is 473 g/mol. The molecule has 2 aliphatic rings. The van der Waals surface area contributed by atoms with Crippen LogP contribution in [0.5, 0.6) is 0 Å². The molecule has 0 bridgehead atoms. The number of methoxy groups -OCH3 is 1. The van der Waals surface area contributed by atoms with Gasteiger partial charge in [-0.1, -0.05) is 54.6 Å². The van der Waals surface area contributed by atoms with Crippen LogP contribution in [0.1, 0.15) is 18.1 Å². The fraction of sp³-hybridized carbons (Fsp3) is 0.125. The summed E-state index contributed by atoms with van der Waals surface area (Å²) in [6.45, 7) is 1.90. The first-order chi connectivity index (χ1) is 16.5. The summed E-state index contributed by atoms with van der Waals surface area (Å²) in [4.78, 5) is 22.9. The Hall–Kier alpha value is -4.18. The van der Waals surface area contributed by atoms with Gasteiger partial charge in [-0.25, -0.2) is 14.8 Å². The number of hydrazone groups is 2. The fourth-order valence-corrected chi connectivity index (χ4v) is 5.42. The zero-order valence-corrected chi connectivity index (χ0v) is 19.1. The minimum absolute atomic E-state index is 0.0612. The normalized spacial score (nSPS) is 18.9. The van der Waals surface area contributed by atoms with Crippen LogP contribution < -0.4 is 10.0 Å². The van der Waals surface area contributed by atoms with Gasteiger partial charge in [-0.05, 0) is 36.9 Å². The van der Waals surface area contributed by atoms with Crippen LogP contribution in [0.2, 0.25) is 0 Å². The van der Waals surface area contributed by atoms with Crippen LogP contribution in [0, 0.1) is 10.1 Å². The van der Waals surface area contributed by atoms with Crippen molar-refractivity contribution in [2.75, 3.05) is 17.1 Å². The Morgan fingerprint density at radius 3 is 2.38 bits per heavy atom. The maximum atomic E-state index is 12.7. The van der Waals surface area contributed by atoms with Crippen molar-refractivity contribution in [3.63, 3.8) is 0 Å². The first-order valence-corrected chi connectivity index (χ1v) is 11.2. The van der Waals surface area contributed by atoms with E-state index in [1.807, 2.05) is 61.5 Å². The Kier molecular flexibility index (Phi) is 5.29. The number of rotatable bonds is 4. The minimum atomic E-state index is -1.26. The summed E-state index contributed by atoms with van der Waals surface area (Å²) < 4.78 is 4.97. The summed E-state index contributed by atoms with van der Waals surface area (Å²) in [5, 5.41) is 24.7. The molecule has 0 saturated heterocycles. The first-order valence-electron chi connectivity index (χ1n) is 10.4. The standard InChI is InChI=1S/C24H19N5O4S/c1-16-18-12-6-7-13-19(18)24(27(25-16)17-10-4-3-5-11-17)28(26-22(34-24)23(30)33-2)20-14-8-9-15-21(20)29(31)32/h3-15H,1-2H3/t24-/m0/s1. The van der Waals surface area contributed by atoms with E-state index in [-0.39, 0.29) is 16.4 Å². The third kappa shape index (κ3) is 3.22. The molecule has 0 N–H and O–H groups in total. The van der Waals surface area contributed by atoms with Gasteiger partial charge in [0.1, 0.15) is 5.69 Å². The average Bonchev–Trinajstić information content (AvgIpc) is 3.27. The third-order valence-corrected chi connectivity index (χ3v) is 6.88. The van der Waals surface area contributed by atoms with Crippen LogP contribution >= 0.6 is 11.8 Å². The highest BCUT2D eigenvalue weighted by molar-refractivity contribution is 8.16. The zero-order valence-electron chi connectivity index (χ0n) is 18.3. The van der Waals surface area contributed by atoms with Gasteiger partial charge in [-0.2, -0.15) is 10.2 Å². The van der Waals surface area contributed by atoms with E-state index in [9.17, 15) is 14.9 Å². The number of hydrogen-bond acceptors (Lipinski definition) is 9. The Bertz CT molecular complexity index is 1360. The van der Waals surface area contributed by atoms with Crippen molar-refractivity contribution in [1.29, 1.82) is 0 Å². The summed E-state index contributed by atoms with van der Waals surface area (Å²) in [6, 6.07) is 23.4. The molecule has 3 aromatic rings. The van der Waals surface area contributed by atoms with Crippen LogP contribution in [0.3, 0.4) is 0 Å². The SMILES string of the molecule is COC(=O)C1=NN(c2ccccc2[N+](=O)[O-])[C@]2(S1)c1ccccc1C(C)=NN2c1ccccc1. The zero-order chi connectivity index (χ0) is 23.9. The molecular weight excluding hydrogens is 454 g/mol. The molecule has 0 aromatic heterocycles. The fourth-order valence-electron chi connectivity index (χ4n) is 4.11. The highest BCUT2D eigenvalue weighted by Gasteiger charge is 2.57. The van der Waals surface area contributed by atoms with Gasteiger partial charge in [0.15, 0.2) is 0 Å². The molecule has 0 fully saturated rings. The number of hydrogen-bond donors (Lipinski definition) is 0. The van der Waals surface area contributed by atoms with E-state index >= 15 is 0 Å². The van der Waals surface area contributed by atoms with Crippen molar-refractivity contribution in [1.82, 2.24) is 0 Å². The number of fused-ring (bicyclic) bond motifs is 2. The number of nitrogens with zero attached hydrogens (tertiary/aromatic N) is 5. The lowest BCUT2D eigenvalue weighted by molar-refractivity contribution is -0.384. The second-order valence-corrected chi connectivity index (χ2v) is 8.70. The number of carbonyl (C=O) groups is 1. The Balaban J connectivity index is 1.84. The number of anilines is 2. The molecule has 0 aliphatic carbocycles. The molecule has 1 spiro atoms. The smallest absolute Gasteiger partial charge is 0.365 e. The molecule has 1 atom stereocenters. The van der Waals surface area contributed by atoms with Crippen LogP contribution in [-0.2, 0) is 14.5 Å². The van der Waals surface area contributed by atoms with Crippen LogP contribution in [0.25, 0.3) is 0 Å². The molecule has 170 valence electrons. The van der Waals surface area contributed by atoms with Gasteiger partial charge >= 0.3 is 5.97 Å². The number of esters is 1. The molecular formula is C24H19N5O4S. The third-order valence-electron chi connectivity index (χ3n) is 5.59. The highest BCUT2D eigenvalue weighted by Crippen LogP contribution is 2.55. The molecule has 9 nitrogen and oxygen atoms in total. The Morgan fingerprint density at radius 1 is 0.971 bits per heavy atom. The molecule has 5 rings (SSSR count). The summed E-state index contributed by atoms with van der Waals surface area (Å²) in [5.74, 6) is -0.637. The van der Waals surface area contributed by atoms with Crippen molar-refractivity contribution in [3.8, 4) is 0 Å². The summed E-state index contributed by atoms with van der Waals surface area (Å²) in [5.41, 5.74) is 3.22. The Morgan fingerprint density at radius 2 is 1.65 bits per heavy atom. The summed E-state index contributed by atoms with van der Waals surface area (Å²) in [6.07, 6.45) is 0. The van der Waals surface area contributed by atoms with Crippen molar-refractivity contribution in [2.45, 2.75) is 11.9 Å². The van der Waals surface area contributed by atoms with E-state index in [1.165, 1.54) is 18.2 Å². The maximum Gasteiger partial charge on any atom is 0.365 e. The molecule has 3 aromatic carbocycles. The van der Waals surface area contributed by atoms with E-state index < -0.39 is 15.9 Å². The lowest BCUT2D eigenvalue weighted by Gasteiger charge is -2.46. The molecule has 0 radical (unpaired) electrons. The molecule has 0 unspecified atom stereocenters. The van der Waals surface area contributed by atoms with Crippen molar-refractivity contribution < 1.29 is 14.5 Å². The maximum absolute atomic E-state index is 12.7. The van der Waals surface area contributed by atoms with Gasteiger partial charge in [0.05, 0.1) is 23.4 Å². The number of carbonyl (C=O) groups excluding carboxylic acids is 1. The van der Waals surface area contributed by atoms with Gasteiger partial charge in [0.2, 0.25) is 10.0 Å². The molecule has 2 aliphatic heterocycles. The number of thioether (sulfide) groups is 1. The van der Waals surface area contributed by atoms with Gasteiger partial charge in [-0.3, -0.25) is 10.1 Å². The van der Waals surface area contributed by atoms with E-state index in [1.54, 1.807) is 23.2 Å². The number of para-hydroxylation sites is 3. The molecule has 2 heterocycles. The predicted molar refractivity (Wildman–Crippen MR) is 132 cm³/mol. The van der Waals surface area contributed by atoms with E-state index in [0.717, 1.165) is 34.3 Å². The number of benzene rings is 3. The lowest BCUT2D eigenvalue weighted by atomic mass is 9.98. The van der Waals surface area contributed by atoms with Crippen LogP contribution in [0.15, 0.2) is 89.1 Å². The van der Waals surface area contributed by atoms with Gasteiger partial charge < -0.3 is 4.74 Å². The molecule has 10 heteroatoms. The van der Waals surface area contributed by atoms with Crippen molar-refractivity contribution in [3.05, 3.63) is 100 Å². The topological polar surface area (TPSA) is 101 Å². The van der Waals surface area contributed by atoms with Crippen LogP contribution in [-0.4, -0.2) is 28.8 Å². The second kappa shape index (κ2) is 8.31. The quantitative estimate of drug-likeness (QED) is 0.308. The van der Waals surface area contributed by atoms with E-state index in [2.05, 4.69) is 5.10 Å². The average molecular weight is 474 g/mol. The number of nitro groups is 1. The molecule has 0 saturated carbocycles. The summed E-state index contributed by atoms with van der Waals surface area (Å²) in [7, 11) is 1.28. The van der Waals surface area contributed by atoms with Crippen molar-refractivity contribution >= 4 is 45.5 Å². The molecule has 34 heavy (non-hydrogen) atoms. The number of nitro benzene ring substituents is 1. The predicted octanol–water partition coefficient (Wildman–Crippen LogP) is 4.69. The second-order valence-electron chi connectivity index (χ2n) is 7.54. The largest absolute Gasteiger partial charge is 0.464 e. The van der Waals surface area contributed by atoms with Gasteiger partial charge in [0, 0.05) is 17.2 Å². The van der Waals surface area contributed by atoms with Crippen molar-refractivity contribution in [2.24, 2.45) is 10.2 Å². The minimum Gasteiger partial charge on any atom is -0.464 e. The highest BCUT2D eigenvalue weighted by atomic mass is 32.2.